The van der Waals surface area contributed by atoms with Gasteiger partial charge in [-0.2, -0.15) is 0 Å². The summed E-state index contributed by atoms with van der Waals surface area (Å²) in [7, 11) is 0. The lowest BCUT2D eigenvalue weighted by molar-refractivity contribution is -0.137. The first kappa shape index (κ1) is 15.2. The van der Waals surface area contributed by atoms with Crippen molar-refractivity contribution >= 4 is 17.9 Å². The molecule has 1 fully saturated rings. The molecule has 0 aromatic carbocycles. The number of hydrogen-bond acceptors (Lipinski definition) is 4. The van der Waals surface area contributed by atoms with Crippen molar-refractivity contribution in [3.8, 4) is 0 Å². The number of carbonyl (C=O) groups is 3. The fourth-order valence-corrected chi connectivity index (χ4v) is 1.79. The molecule has 0 aromatic heterocycles. The Bertz CT molecular complexity index is 329. The van der Waals surface area contributed by atoms with Gasteiger partial charge in [0.2, 0.25) is 5.91 Å². The molecule has 3 amide bonds. The van der Waals surface area contributed by atoms with Crippen LogP contribution in [0.3, 0.4) is 0 Å². The van der Waals surface area contributed by atoms with Gasteiger partial charge in [0.25, 0.3) is 0 Å². The van der Waals surface area contributed by atoms with Gasteiger partial charge in [0.05, 0.1) is 6.54 Å². The van der Waals surface area contributed by atoms with E-state index in [4.69, 9.17) is 5.11 Å². The molecule has 1 saturated heterocycles. The van der Waals surface area contributed by atoms with E-state index in [9.17, 15) is 14.4 Å². The molecule has 0 bridgehead atoms. The van der Waals surface area contributed by atoms with E-state index in [2.05, 4.69) is 20.9 Å². The number of likely N-dealkylation sites (tertiary alicyclic amines) is 1. The summed E-state index contributed by atoms with van der Waals surface area (Å²) in [6.45, 7) is 2.79. The van der Waals surface area contributed by atoms with E-state index in [0.717, 1.165) is 19.6 Å². The number of urea groups is 1. The second kappa shape index (κ2) is 8.30. The lowest BCUT2D eigenvalue weighted by Gasteiger charge is -2.14. The third kappa shape index (κ3) is 7.24. The second-order valence-electron chi connectivity index (χ2n) is 4.33. The first-order chi connectivity index (χ1) is 9.08. The predicted octanol–water partition coefficient (Wildman–Crippen LogP) is -1.42. The van der Waals surface area contributed by atoms with Crippen molar-refractivity contribution in [1.29, 1.82) is 0 Å². The van der Waals surface area contributed by atoms with Gasteiger partial charge in [0.1, 0.15) is 6.54 Å². The number of carboxylic acid groups (broad SMARTS) is 1. The number of aliphatic carboxylic acids is 1. The maximum Gasteiger partial charge on any atom is 0.322 e. The minimum absolute atomic E-state index is 0.233. The Balaban J connectivity index is 2.00. The van der Waals surface area contributed by atoms with Gasteiger partial charge in [0, 0.05) is 13.1 Å². The van der Waals surface area contributed by atoms with E-state index in [-0.39, 0.29) is 6.54 Å². The molecule has 19 heavy (non-hydrogen) atoms. The number of hydrogen-bond donors (Lipinski definition) is 4. The summed E-state index contributed by atoms with van der Waals surface area (Å²) in [6.07, 6.45) is 2.41. The van der Waals surface area contributed by atoms with Crippen LogP contribution >= 0.6 is 0 Å². The van der Waals surface area contributed by atoms with Crippen LogP contribution in [0.15, 0.2) is 0 Å². The first-order valence-electron chi connectivity index (χ1n) is 6.30. The van der Waals surface area contributed by atoms with E-state index >= 15 is 0 Å². The van der Waals surface area contributed by atoms with Crippen molar-refractivity contribution in [3.63, 3.8) is 0 Å². The average Bonchev–Trinajstić information content (AvgIpc) is 2.87. The molecular formula is C11H20N4O4. The second-order valence-corrected chi connectivity index (χ2v) is 4.33. The van der Waals surface area contributed by atoms with E-state index < -0.39 is 24.5 Å². The van der Waals surface area contributed by atoms with Crippen LogP contribution < -0.4 is 16.0 Å². The van der Waals surface area contributed by atoms with Gasteiger partial charge in [-0.1, -0.05) is 0 Å². The minimum Gasteiger partial charge on any atom is -0.480 e. The Hall–Kier alpha value is -1.83. The lowest BCUT2D eigenvalue weighted by atomic mass is 10.4. The Labute approximate surface area is 111 Å². The lowest BCUT2D eigenvalue weighted by Crippen LogP contribution is -2.44. The molecule has 0 aromatic rings. The van der Waals surface area contributed by atoms with Gasteiger partial charge in [0.15, 0.2) is 0 Å². The highest BCUT2D eigenvalue weighted by molar-refractivity contribution is 5.86. The molecule has 0 unspecified atom stereocenters. The third-order valence-electron chi connectivity index (χ3n) is 2.76. The third-order valence-corrected chi connectivity index (χ3v) is 2.76. The highest BCUT2D eigenvalue weighted by Gasteiger charge is 2.11. The first-order valence-corrected chi connectivity index (χ1v) is 6.30. The van der Waals surface area contributed by atoms with Crippen LogP contribution in [0.5, 0.6) is 0 Å². The number of carbonyl (C=O) groups excluding carboxylic acids is 2. The number of nitrogens with zero attached hydrogens (tertiary/aromatic N) is 1. The zero-order valence-electron chi connectivity index (χ0n) is 10.8. The molecule has 1 heterocycles. The Morgan fingerprint density at radius 1 is 1.00 bits per heavy atom. The molecule has 8 nitrogen and oxygen atoms in total. The Kier molecular flexibility index (Phi) is 6.65. The number of rotatable bonds is 7. The van der Waals surface area contributed by atoms with Crippen LogP contribution in [-0.2, 0) is 9.59 Å². The van der Waals surface area contributed by atoms with Crippen LogP contribution in [0, 0.1) is 0 Å². The quantitative estimate of drug-likeness (QED) is 0.455. The summed E-state index contributed by atoms with van der Waals surface area (Å²) in [4.78, 5) is 34.9. The van der Waals surface area contributed by atoms with Crippen molar-refractivity contribution in [3.05, 3.63) is 0 Å². The van der Waals surface area contributed by atoms with Gasteiger partial charge in [-0.25, -0.2) is 4.79 Å². The maximum atomic E-state index is 11.3. The number of nitrogens with one attached hydrogen (secondary N) is 3. The standard InChI is InChI=1S/C11H20N4O4/c16-9(13-8-10(17)18)7-14-11(19)12-3-6-15-4-1-2-5-15/h1-8H2,(H,13,16)(H,17,18)(H2,12,14,19). The van der Waals surface area contributed by atoms with Crippen molar-refractivity contribution in [2.75, 3.05) is 39.3 Å². The molecule has 0 aliphatic carbocycles. The minimum atomic E-state index is -1.12. The topological polar surface area (TPSA) is 111 Å². The summed E-state index contributed by atoms with van der Waals surface area (Å²) in [5.41, 5.74) is 0. The van der Waals surface area contributed by atoms with Crippen molar-refractivity contribution in [2.24, 2.45) is 0 Å². The van der Waals surface area contributed by atoms with Crippen molar-refractivity contribution in [2.45, 2.75) is 12.8 Å². The zero-order chi connectivity index (χ0) is 14.1. The van der Waals surface area contributed by atoms with Crippen LogP contribution in [-0.4, -0.2) is 67.2 Å². The summed E-state index contributed by atoms with van der Waals surface area (Å²) >= 11 is 0. The largest absolute Gasteiger partial charge is 0.480 e. The Morgan fingerprint density at radius 3 is 2.32 bits per heavy atom. The number of carboxylic acids is 1. The molecule has 0 saturated carbocycles. The smallest absolute Gasteiger partial charge is 0.322 e. The fraction of sp³-hybridized carbons (Fsp3) is 0.727. The highest BCUT2D eigenvalue weighted by atomic mass is 16.4. The molecule has 8 heteroatoms. The van der Waals surface area contributed by atoms with Gasteiger partial charge in [-0.15, -0.1) is 0 Å². The van der Waals surface area contributed by atoms with Crippen LogP contribution in [0.4, 0.5) is 4.79 Å². The van der Waals surface area contributed by atoms with Gasteiger partial charge in [-0.3, -0.25) is 9.59 Å². The monoisotopic (exact) mass is 272 g/mol. The average molecular weight is 272 g/mol. The van der Waals surface area contributed by atoms with Crippen molar-refractivity contribution < 1.29 is 19.5 Å². The summed E-state index contributed by atoms with van der Waals surface area (Å²) in [5, 5.41) is 15.5. The van der Waals surface area contributed by atoms with Crippen LogP contribution in [0.25, 0.3) is 0 Å². The molecule has 0 atom stereocenters. The zero-order valence-corrected chi connectivity index (χ0v) is 10.8. The molecule has 1 aliphatic heterocycles. The summed E-state index contributed by atoms with van der Waals surface area (Å²) < 4.78 is 0. The van der Waals surface area contributed by atoms with E-state index in [0.29, 0.717) is 6.54 Å². The molecular weight excluding hydrogens is 252 g/mol. The molecule has 4 N–H and O–H groups in total. The van der Waals surface area contributed by atoms with Crippen molar-refractivity contribution in [1.82, 2.24) is 20.9 Å². The van der Waals surface area contributed by atoms with E-state index in [1.165, 1.54) is 12.8 Å². The molecule has 108 valence electrons. The van der Waals surface area contributed by atoms with Gasteiger partial charge >= 0.3 is 12.0 Å². The molecule has 0 radical (unpaired) electrons. The van der Waals surface area contributed by atoms with Gasteiger partial charge in [-0.05, 0) is 25.9 Å². The van der Waals surface area contributed by atoms with Crippen LogP contribution in [0.2, 0.25) is 0 Å². The summed E-state index contributed by atoms with van der Waals surface area (Å²) in [6, 6.07) is -0.426. The molecule has 1 aliphatic rings. The Morgan fingerprint density at radius 2 is 1.68 bits per heavy atom. The van der Waals surface area contributed by atoms with Gasteiger partial charge < -0.3 is 26.0 Å². The molecule has 1 rings (SSSR count). The van der Waals surface area contributed by atoms with E-state index in [1.54, 1.807) is 0 Å². The maximum absolute atomic E-state index is 11.3. The highest BCUT2D eigenvalue weighted by Crippen LogP contribution is 2.05. The SMILES string of the molecule is O=C(O)CNC(=O)CNC(=O)NCCN1CCCC1. The number of amides is 3. The fourth-order valence-electron chi connectivity index (χ4n) is 1.79. The van der Waals surface area contributed by atoms with E-state index in [1.807, 2.05) is 0 Å². The molecule has 0 spiro atoms. The van der Waals surface area contributed by atoms with Crippen LogP contribution in [0.1, 0.15) is 12.8 Å². The summed E-state index contributed by atoms with van der Waals surface area (Å²) in [5.74, 6) is -1.65. The predicted molar refractivity (Wildman–Crippen MR) is 67.7 cm³/mol. The normalized spacial score (nSPS) is 14.9.